The second-order valence-corrected chi connectivity index (χ2v) is 3.61. The zero-order chi connectivity index (χ0) is 9.94. The van der Waals surface area contributed by atoms with E-state index >= 15 is 0 Å². The smallest absolute Gasteiger partial charge is 0.0622 e. The Balaban J connectivity index is 3.11. The van der Waals surface area contributed by atoms with Gasteiger partial charge >= 0.3 is 0 Å². The van der Waals surface area contributed by atoms with Crippen molar-refractivity contribution in [1.29, 1.82) is 5.26 Å². The van der Waals surface area contributed by atoms with E-state index in [0.717, 1.165) is 13.0 Å². The Morgan fingerprint density at radius 1 is 1.31 bits per heavy atom. The molecule has 0 aromatic heterocycles. The van der Waals surface area contributed by atoms with Crippen LogP contribution in [0.2, 0.25) is 0 Å². The van der Waals surface area contributed by atoms with Gasteiger partial charge in [-0.05, 0) is 26.3 Å². The van der Waals surface area contributed by atoms with E-state index in [1.54, 1.807) is 0 Å². The fourth-order valence-electron chi connectivity index (χ4n) is 1.32. The molecular weight excluding hydrogens is 160 g/mol. The van der Waals surface area contributed by atoms with Crippen molar-refractivity contribution in [3.63, 3.8) is 0 Å². The molecule has 2 heteroatoms. The Hall–Kier alpha value is -0.550. The highest BCUT2D eigenvalue weighted by Gasteiger charge is 1.99. The van der Waals surface area contributed by atoms with Gasteiger partial charge in [-0.1, -0.05) is 26.2 Å². The Labute approximate surface area is 82.3 Å². The molecule has 2 nitrogen and oxygen atoms in total. The summed E-state index contributed by atoms with van der Waals surface area (Å²) in [7, 11) is 0. The van der Waals surface area contributed by atoms with Crippen molar-refractivity contribution in [2.24, 2.45) is 0 Å². The highest BCUT2D eigenvalue weighted by Crippen LogP contribution is 2.02. The molecule has 0 radical (unpaired) electrons. The van der Waals surface area contributed by atoms with E-state index in [9.17, 15) is 0 Å². The summed E-state index contributed by atoms with van der Waals surface area (Å²) in [5, 5.41) is 11.8. The average Bonchev–Trinajstić information content (AvgIpc) is 2.13. The lowest BCUT2D eigenvalue weighted by atomic mass is 10.1. The third kappa shape index (κ3) is 9.36. The summed E-state index contributed by atoms with van der Waals surface area (Å²) in [6.45, 7) is 5.44. The first-order valence-electron chi connectivity index (χ1n) is 5.41. The van der Waals surface area contributed by atoms with Crippen LogP contribution >= 0.6 is 0 Å². The third-order valence-corrected chi connectivity index (χ3v) is 2.20. The van der Waals surface area contributed by atoms with Gasteiger partial charge in [-0.2, -0.15) is 5.26 Å². The van der Waals surface area contributed by atoms with E-state index in [1.807, 2.05) is 0 Å². The molecule has 0 rings (SSSR count). The number of nitriles is 1. The Kier molecular flexibility index (Phi) is 9.13. The number of nitrogens with one attached hydrogen (secondary N) is 1. The minimum Gasteiger partial charge on any atom is -0.314 e. The second-order valence-electron chi connectivity index (χ2n) is 3.61. The molecule has 1 N–H and O–H groups in total. The third-order valence-electron chi connectivity index (χ3n) is 2.20. The lowest BCUT2D eigenvalue weighted by Gasteiger charge is -2.12. The van der Waals surface area contributed by atoms with Crippen LogP contribution in [0.3, 0.4) is 0 Å². The minimum absolute atomic E-state index is 0.616. The summed E-state index contributed by atoms with van der Waals surface area (Å²) in [5.41, 5.74) is 0. The summed E-state index contributed by atoms with van der Waals surface area (Å²) in [6, 6.07) is 2.77. The van der Waals surface area contributed by atoms with Crippen molar-refractivity contribution >= 4 is 0 Å². The fraction of sp³-hybridized carbons (Fsp3) is 0.909. The molecule has 1 unspecified atom stereocenters. The van der Waals surface area contributed by atoms with Crippen molar-refractivity contribution in [2.75, 3.05) is 6.54 Å². The van der Waals surface area contributed by atoms with Crippen LogP contribution in [0.25, 0.3) is 0 Å². The molecule has 13 heavy (non-hydrogen) atoms. The second kappa shape index (κ2) is 9.54. The van der Waals surface area contributed by atoms with E-state index in [-0.39, 0.29) is 0 Å². The highest BCUT2D eigenvalue weighted by molar-refractivity contribution is 4.70. The maximum atomic E-state index is 8.33. The monoisotopic (exact) mass is 182 g/mol. The lowest BCUT2D eigenvalue weighted by molar-refractivity contribution is 0.484. The first-order valence-corrected chi connectivity index (χ1v) is 5.41. The first kappa shape index (κ1) is 12.4. The molecule has 0 aliphatic rings. The summed E-state index contributed by atoms with van der Waals surface area (Å²) < 4.78 is 0. The molecule has 1 atom stereocenters. The van der Waals surface area contributed by atoms with Crippen LogP contribution < -0.4 is 5.32 Å². The standard InChI is InChI=1S/C11H22N2/c1-3-4-5-8-11(2)13-10-7-6-9-12/h11,13H,3-8,10H2,1-2H3. The van der Waals surface area contributed by atoms with Gasteiger partial charge in [-0.3, -0.25) is 0 Å². The summed E-state index contributed by atoms with van der Waals surface area (Å²) in [4.78, 5) is 0. The molecule has 0 aromatic carbocycles. The van der Waals surface area contributed by atoms with Crippen LogP contribution in [0.1, 0.15) is 52.4 Å². The van der Waals surface area contributed by atoms with Crippen LogP contribution in [-0.2, 0) is 0 Å². The van der Waals surface area contributed by atoms with Gasteiger partial charge in [0.25, 0.3) is 0 Å². The van der Waals surface area contributed by atoms with Gasteiger partial charge in [-0.15, -0.1) is 0 Å². The molecule has 0 saturated heterocycles. The molecule has 0 saturated carbocycles. The molecule has 0 amide bonds. The van der Waals surface area contributed by atoms with E-state index in [1.165, 1.54) is 25.7 Å². The van der Waals surface area contributed by atoms with Gasteiger partial charge in [0.2, 0.25) is 0 Å². The van der Waals surface area contributed by atoms with Crippen LogP contribution in [0, 0.1) is 11.3 Å². The largest absolute Gasteiger partial charge is 0.314 e. The maximum Gasteiger partial charge on any atom is 0.0622 e. The maximum absolute atomic E-state index is 8.33. The minimum atomic E-state index is 0.616. The number of hydrogen-bond donors (Lipinski definition) is 1. The summed E-state index contributed by atoms with van der Waals surface area (Å²) in [5.74, 6) is 0. The molecule has 0 fully saturated rings. The van der Waals surface area contributed by atoms with Crippen molar-refractivity contribution in [1.82, 2.24) is 5.32 Å². The molecular formula is C11H22N2. The normalized spacial score (nSPS) is 12.4. The molecule has 0 spiro atoms. The molecule has 0 bridgehead atoms. The van der Waals surface area contributed by atoms with Gasteiger partial charge in [0.05, 0.1) is 6.07 Å². The van der Waals surface area contributed by atoms with Crippen molar-refractivity contribution in [3.05, 3.63) is 0 Å². The zero-order valence-electron chi connectivity index (χ0n) is 8.97. The molecule has 0 aliphatic carbocycles. The van der Waals surface area contributed by atoms with Gasteiger partial charge in [-0.25, -0.2) is 0 Å². The van der Waals surface area contributed by atoms with E-state index in [2.05, 4.69) is 25.2 Å². The Bertz CT molecular complexity index is 138. The lowest BCUT2D eigenvalue weighted by Crippen LogP contribution is -2.26. The topological polar surface area (TPSA) is 35.8 Å². The molecule has 76 valence electrons. The van der Waals surface area contributed by atoms with E-state index in [4.69, 9.17) is 5.26 Å². The molecule has 0 aromatic rings. The van der Waals surface area contributed by atoms with Crippen LogP contribution in [0.5, 0.6) is 0 Å². The quantitative estimate of drug-likeness (QED) is 0.586. The molecule has 0 heterocycles. The van der Waals surface area contributed by atoms with Crippen molar-refractivity contribution in [3.8, 4) is 6.07 Å². The molecule has 0 aliphatic heterocycles. The van der Waals surface area contributed by atoms with E-state index in [0.29, 0.717) is 12.5 Å². The highest BCUT2D eigenvalue weighted by atomic mass is 14.9. The van der Waals surface area contributed by atoms with Crippen LogP contribution in [0.15, 0.2) is 0 Å². The number of unbranched alkanes of at least 4 members (excludes halogenated alkanes) is 3. The predicted octanol–water partition coefficient (Wildman–Crippen LogP) is 2.85. The summed E-state index contributed by atoms with van der Waals surface area (Å²) in [6.07, 6.45) is 6.87. The Morgan fingerprint density at radius 3 is 2.69 bits per heavy atom. The van der Waals surface area contributed by atoms with Crippen LogP contribution in [0.4, 0.5) is 0 Å². The van der Waals surface area contributed by atoms with Gasteiger partial charge in [0.1, 0.15) is 0 Å². The summed E-state index contributed by atoms with van der Waals surface area (Å²) >= 11 is 0. The van der Waals surface area contributed by atoms with Gasteiger partial charge in [0.15, 0.2) is 0 Å². The van der Waals surface area contributed by atoms with E-state index < -0.39 is 0 Å². The van der Waals surface area contributed by atoms with Gasteiger partial charge in [0, 0.05) is 12.5 Å². The average molecular weight is 182 g/mol. The number of nitrogens with zero attached hydrogens (tertiary/aromatic N) is 1. The van der Waals surface area contributed by atoms with Crippen molar-refractivity contribution in [2.45, 2.75) is 58.4 Å². The zero-order valence-corrected chi connectivity index (χ0v) is 8.97. The Morgan fingerprint density at radius 2 is 2.08 bits per heavy atom. The SMILES string of the molecule is CCCCCC(C)NCCCC#N. The fourth-order valence-corrected chi connectivity index (χ4v) is 1.32. The van der Waals surface area contributed by atoms with Crippen LogP contribution in [-0.4, -0.2) is 12.6 Å². The number of hydrogen-bond acceptors (Lipinski definition) is 2. The van der Waals surface area contributed by atoms with Gasteiger partial charge < -0.3 is 5.32 Å². The van der Waals surface area contributed by atoms with Crippen molar-refractivity contribution < 1.29 is 0 Å². The first-order chi connectivity index (χ1) is 6.31. The predicted molar refractivity (Wildman–Crippen MR) is 56.5 cm³/mol. The number of rotatable bonds is 8.